The fourth-order valence-corrected chi connectivity index (χ4v) is 5.41. The molecule has 1 N–H and O–H groups in total. The van der Waals surface area contributed by atoms with Gasteiger partial charge < -0.3 is 10.2 Å². The lowest BCUT2D eigenvalue weighted by Crippen LogP contribution is -2.47. The molecule has 0 aromatic carbocycles. The minimum Gasteiger partial charge on any atom is -0.354 e. The van der Waals surface area contributed by atoms with Crippen LogP contribution in [-0.2, 0) is 14.8 Å². The zero-order valence-corrected chi connectivity index (χ0v) is 17.2. The Bertz CT molecular complexity index is 842. The second-order valence-corrected chi connectivity index (χ2v) is 9.54. The second kappa shape index (κ2) is 8.57. The van der Waals surface area contributed by atoms with Crippen LogP contribution in [-0.4, -0.2) is 72.9 Å². The zero-order chi connectivity index (χ0) is 20.3. The van der Waals surface area contributed by atoms with Crippen LogP contribution in [0.15, 0.2) is 18.3 Å². The number of pyridine rings is 1. The molecule has 1 aliphatic heterocycles. The van der Waals surface area contributed by atoms with Crippen LogP contribution in [0.3, 0.4) is 0 Å². The summed E-state index contributed by atoms with van der Waals surface area (Å²) < 4.78 is 26.2. The van der Waals surface area contributed by atoms with Gasteiger partial charge in [0.15, 0.2) is 0 Å². The molecular weight excluding hydrogens is 380 g/mol. The van der Waals surface area contributed by atoms with Gasteiger partial charge in [-0.15, -0.1) is 0 Å². The van der Waals surface area contributed by atoms with Gasteiger partial charge in [0, 0.05) is 49.7 Å². The predicted molar refractivity (Wildman–Crippen MR) is 105 cm³/mol. The highest BCUT2D eigenvalue weighted by molar-refractivity contribution is 7.88. The molecule has 0 spiro atoms. The number of amides is 2. The maximum absolute atomic E-state index is 12.9. The fourth-order valence-electron chi connectivity index (χ4n) is 4.21. The van der Waals surface area contributed by atoms with Crippen molar-refractivity contribution in [3.63, 3.8) is 0 Å². The molecule has 8 nitrogen and oxygen atoms in total. The summed E-state index contributed by atoms with van der Waals surface area (Å²) in [5.74, 6) is -0.574. The Morgan fingerprint density at radius 3 is 2.71 bits per heavy atom. The number of fused-ring (bicyclic) bond motifs is 1. The van der Waals surface area contributed by atoms with Gasteiger partial charge >= 0.3 is 0 Å². The summed E-state index contributed by atoms with van der Waals surface area (Å²) in [5, 5.41) is 2.90. The van der Waals surface area contributed by atoms with Gasteiger partial charge in [-0.05, 0) is 38.3 Å². The van der Waals surface area contributed by atoms with E-state index in [1.165, 1.54) is 10.6 Å². The second-order valence-electron chi connectivity index (χ2n) is 7.60. The molecule has 154 valence electrons. The molecule has 28 heavy (non-hydrogen) atoms. The third kappa shape index (κ3) is 4.70. The average molecular weight is 409 g/mol. The van der Waals surface area contributed by atoms with Gasteiger partial charge in [-0.25, -0.2) is 8.42 Å². The monoisotopic (exact) mass is 408 g/mol. The third-order valence-corrected chi connectivity index (χ3v) is 6.84. The SMILES string of the molecule is Cc1cc(C(=O)N2CCCN(S(C)(=O)=O)C3CCCC3C(=O)NCC2)ccn1. The van der Waals surface area contributed by atoms with E-state index in [2.05, 4.69) is 10.3 Å². The molecular formula is C19H28N4O4S. The number of rotatable bonds is 2. The van der Waals surface area contributed by atoms with Crippen LogP contribution in [0.4, 0.5) is 0 Å². The van der Waals surface area contributed by atoms with E-state index in [9.17, 15) is 18.0 Å². The molecule has 2 unspecified atom stereocenters. The van der Waals surface area contributed by atoms with E-state index in [0.717, 1.165) is 12.1 Å². The first kappa shape index (κ1) is 20.7. The van der Waals surface area contributed by atoms with E-state index in [1.54, 1.807) is 23.2 Å². The summed E-state index contributed by atoms with van der Waals surface area (Å²) in [6.07, 6.45) is 5.57. The van der Waals surface area contributed by atoms with E-state index < -0.39 is 10.0 Å². The number of hydrogen-bond acceptors (Lipinski definition) is 5. The number of sulfonamides is 1. The highest BCUT2D eigenvalue weighted by Gasteiger charge is 2.40. The fraction of sp³-hybridized carbons (Fsp3) is 0.632. The van der Waals surface area contributed by atoms with Crippen LogP contribution in [0.2, 0.25) is 0 Å². The van der Waals surface area contributed by atoms with E-state index >= 15 is 0 Å². The lowest BCUT2D eigenvalue weighted by atomic mass is 10.0. The maximum Gasteiger partial charge on any atom is 0.254 e. The number of aryl methyl sites for hydroxylation is 1. The van der Waals surface area contributed by atoms with E-state index in [0.29, 0.717) is 51.0 Å². The minimum absolute atomic E-state index is 0.120. The number of hydrogen-bond donors (Lipinski definition) is 1. The number of carbonyl (C=O) groups is 2. The zero-order valence-electron chi connectivity index (χ0n) is 16.4. The topological polar surface area (TPSA) is 99.7 Å². The molecule has 9 heteroatoms. The molecule has 2 heterocycles. The summed E-state index contributed by atoms with van der Waals surface area (Å²) in [4.78, 5) is 31.4. The molecule has 0 bridgehead atoms. The minimum atomic E-state index is -3.44. The van der Waals surface area contributed by atoms with Gasteiger partial charge in [-0.1, -0.05) is 6.42 Å². The van der Waals surface area contributed by atoms with Crippen LogP contribution in [0.1, 0.15) is 41.7 Å². The van der Waals surface area contributed by atoms with Crippen molar-refractivity contribution in [1.29, 1.82) is 0 Å². The van der Waals surface area contributed by atoms with Gasteiger partial charge in [0.25, 0.3) is 5.91 Å². The van der Waals surface area contributed by atoms with Gasteiger partial charge in [-0.2, -0.15) is 4.31 Å². The first-order valence-electron chi connectivity index (χ1n) is 9.74. The Morgan fingerprint density at radius 1 is 1.21 bits per heavy atom. The van der Waals surface area contributed by atoms with E-state index in [1.807, 2.05) is 6.92 Å². The molecule has 0 radical (unpaired) electrons. The normalized spacial score (nSPS) is 24.9. The molecule has 2 amide bonds. The highest BCUT2D eigenvalue weighted by atomic mass is 32.2. The van der Waals surface area contributed by atoms with Gasteiger partial charge in [0.1, 0.15) is 0 Å². The third-order valence-electron chi connectivity index (χ3n) is 5.53. The van der Waals surface area contributed by atoms with Gasteiger partial charge in [0.2, 0.25) is 15.9 Å². The first-order valence-corrected chi connectivity index (χ1v) is 11.6. The summed E-state index contributed by atoms with van der Waals surface area (Å²) in [5.41, 5.74) is 1.30. The Hall–Kier alpha value is -2.00. The van der Waals surface area contributed by atoms with Crippen LogP contribution in [0.25, 0.3) is 0 Å². The Labute approximate surface area is 166 Å². The molecule has 1 saturated carbocycles. The average Bonchev–Trinajstić information content (AvgIpc) is 3.10. The Kier molecular flexibility index (Phi) is 6.34. The van der Waals surface area contributed by atoms with Crippen molar-refractivity contribution in [1.82, 2.24) is 19.5 Å². The summed E-state index contributed by atoms with van der Waals surface area (Å²) in [6, 6.07) is 3.12. The molecule has 3 rings (SSSR count). The van der Waals surface area contributed by atoms with Crippen molar-refractivity contribution < 1.29 is 18.0 Å². The lowest BCUT2D eigenvalue weighted by Gasteiger charge is -2.30. The van der Waals surface area contributed by atoms with Crippen molar-refractivity contribution in [3.05, 3.63) is 29.6 Å². The van der Waals surface area contributed by atoms with Crippen LogP contribution >= 0.6 is 0 Å². The number of aromatic nitrogens is 1. The highest BCUT2D eigenvalue weighted by Crippen LogP contribution is 2.32. The molecule has 2 aliphatic rings. The number of nitrogens with one attached hydrogen (secondary N) is 1. The van der Waals surface area contributed by atoms with E-state index in [4.69, 9.17) is 0 Å². The molecule has 1 aromatic rings. The molecule has 1 saturated heterocycles. The summed E-state index contributed by atoms with van der Waals surface area (Å²) in [7, 11) is -3.44. The van der Waals surface area contributed by atoms with Crippen LogP contribution in [0.5, 0.6) is 0 Å². The quantitative estimate of drug-likeness (QED) is 0.780. The number of nitrogens with zero attached hydrogens (tertiary/aromatic N) is 3. The maximum atomic E-state index is 12.9. The van der Waals surface area contributed by atoms with Crippen molar-refractivity contribution >= 4 is 21.8 Å². The van der Waals surface area contributed by atoms with Gasteiger partial charge in [-0.3, -0.25) is 14.6 Å². The van der Waals surface area contributed by atoms with Crippen molar-refractivity contribution in [2.45, 2.75) is 38.6 Å². The van der Waals surface area contributed by atoms with Crippen molar-refractivity contribution in [2.24, 2.45) is 5.92 Å². The van der Waals surface area contributed by atoms with Crippen LogP contribution in [0, 0.1) is 12.8 Å². The van der Waals surface area contributed by atoms with Gasteiger partial charge in [0.05, 0.1) is 12.2 Å². The largest absolute Gasteiger partial charge is 0.354 e. The molecule has 1 aliphatic carbocycles. The Morgan fingerprint density at radius 2 is 2.00 bits per heavy atom. The van der Waals surface area contributed by atoms with Crippen molar-refractivity contribution in [2.75, 3.05) is 32.4 Å². The first-order chi connectivity index (χ1) is 13.3. The van der Waals surface area contributed by atoms with Crippen molar-refractivity contribution in [3.8, 4) is 0 Å². The molecule has 2 atom stereocenters. The predicted octanol–water partition coefficient (Wildman–Crippen LogP) is 0.782. The summed E-state index contributed by atoms with van der Waals surface area (Å²) in [6.45, 7) is 3.32. The smallest absolute Gasteiger partial charge is 0.254 e. The lowest BCUT2D eigenvalue weighted by molar-refractivity contribution is -0.125. The standard InChI is InChI=1S/C19H28N4O4S/c1-14-13-15(7-8-20-14)19(25)22-10-4-11-23(28(2,26)27)17-6-3-5-16(17)18(24)21-9-12-22/h7-8,13,16-17H,3-6,9-12H2,1-2H3,(H,21,24). The Balaban J connectivity index is 1.81. The van der Waals surface area contributed by atoms with Crippen LogP contribution < -0.4 is 5.32 Å². The number of carbonyl (C=O) groups excluding carboxylic acids is 2. The van der Waals surface area contributed by atoms with E-state index in [-0.39, 0.29) is 23.8 Å². The molecule has 1 aromatic heterocycles. The molecule has 2 fully saturated rings. The summed E-state index contributed by atoms with van der Waals surface area (Å²) >= 11 is 0.